The standard InChI is InChI=1S/C21H23N3O7/c1-7-4-8-5-9-6-10-14(24(2)3)16(26)13(19(22)29)18(28)21(10,31)17(27)11(9)15(25)12(8)20(30)23-7/h4,9-10,14,25,28,31H,5-6H2,1-3H3,(H2,22,29)(H,23,30)/t9-,10-,14-,21-/m0/s1. The van der Waals surface area contributed by atoms with Crippen LogP contribution < -0.4 is 11.3 Å². The van der Waals surface area contributed by atoms with Gasteiger partial charge in [0.15, 0.2) is 11.4 Å². The fourth-order valence-corrected chi connectivity index (χ4v) is 5.33. The summed E-state index contributed by atoms with van der Waals surface area (Å²) in [5.74, 6) is -6.46. The predicted molar refractivity (Wildman–Crippen MR) is 108 cm³/mol. The molecule has 0 saturated heterocycles. The van der Waals surface area contributed by atoms with Crippen LogP contribution in [-0.2, 0) is 20.8 Å². The van der Waals surface area contributed by atoms with Crippen LogP contribution in [0.15, 0.2) is 27.8 Å². The summed E-state index contributed by atoms with van der Waals surface area (Å²) in [5.41, 5.74) is 2.07. The molecule has 1 amide bonds. The molecule has 0 bridgehead atoms. The number of hydrogen-bond acceptors (Lipinski definition) is 8. The Bertz CT molecular complexity index is 1180. The van der Waals surface area contributed by atoms with Gasteiger partial charge in [-0.2, -0.15) is 0 Å². The third-order valence-corrected chi connectivity index (χ3v) is 6.58. The summed E-state index contributed by atoms with van der Waals surface area (Å²) in [4.78, 5) is 54.8. The summed E-state index contributed by atoms with van der Waals surface area (Å²) in [6.07, 6.45) is 0.289. The van der Waals surface area contributed by atoms with E-state index in [0.29, 0.717) is 11.3 Å². The highest BCUT2D eigenvalue weighted by atomic mass is 16.3. The molecule has 1 aromatic heterocycles. The Balaban J connectivity index is 1.99. The molecule has 1 aromatic rings. The number of ketones is 2. The number of pyridine rings is 1. The van der Waals surface area contributed by atoms with E-state index in [-0.39, 0.29) is 24.0 Å². The zero-order chi connectivity index (χ0) is 23.0. The van der Waals surface area contributed by atoms with Gasteiger partial charge in [0.2, 0.25) is 5.78 Å². The number of H-pyrrole nitrogens is 1. The predicted octanol–water partition coefficient (Wildman–Crippen LogP) is -0.745. The number of nitrogens with one attached hydrogen (secondary N) is 1. The maximum absolute atomic E-state index is 13.5. The number of aliphatic hydroxyl groups excluding tert-OH is 2. The van der Waals surface area contributed by atoms with E-state index in [1.807, 2.05) is 0 Å². The Morgan fingerprint density at radius 2 is 1.90 bits per heavy atom. The number of aryl methyl sites for hydroxylation is 1. The first-order valence-electron chi connectivity index (χ1n) is 9.78. The zero-order valence-corrected chi connectivity index (χ0v) is 17.2. The molecule has 0 unspecified atom stereocenters. The van der Waals surface area contributed by atoms with Crippen molar-refractivity contribution in [1.29, 1.82) is 0 Å². The molecule has 164 valence electrons. The molecule has 31 heavy (non-hydrogen) atoms. The van der Waals surface area contributed by atoms with E-state index < -0.39 is 63.6 Å². The number of aliphatic hydroxyl groups is 3. The number of rotatable bonds is 2. The fraction of sp³-hybridized carbons (Fsp3) is 0.429. The van der Waals surface area contributed by atoms with E-state index in [1.54, 1.807) is 27.1 Å². The summed E-state index contributed by atoms with van der Waals surface area (Å²) in [6, 6.07) is 0.603. The van der Waals surface area contributed by atoms with Gasteiger partial charge in [-0.25, -0.2) is 0 Å². The van der Waals surface area contributed by atoms with Gasteiger partial charge in [-0.05, 0) is 51.4 Å². The van der Waals surface area contributed by atoms with Crippen molar-refractivity contribution in [1.82, 2.24) is 9.88 Å². The number of primary amides is 1. The number of likely N-dealkylation sites (N-methyl/N-ethyl adjacent to an activating group) is 1. The summed E-state index contributed by atoms with van der Waals surface area (Å²) in [6.45, 7) is 1.69. The monoisotopic (exact) mass is 429 g/mol. The number of aromatic amines is 1. The van der Waals surface area contributed by atoms with Gasteiger partial charge < -0.3 is 26.0 Å². The molecule has 0 spiro atoms. The molecule has 1 fully saturated rings. The number of nitrogens with two attached hydrogens (primary N) is 1. The number of carbonyl (C=O) groups excluding carboxylic acids is 3. The molecule has 3 aliphatic rings. The average molecular weight is 429 g/mol. The maximum atomic E-state index is 13.5. The Morgan fingerprint density at radius 1 is 1.26 bits per heavy atom. The first kappa shape index (κ1) is 21.0. The van der Waals surface area contributed by atoms with Crippen molar-refractivity contribution in [2.24, 2.45) is 17.6 Å². The van der Waals surface area contributed by atoms with E-state index in [0.717, 1.165) is 0 Å². The number of amides is 1. The van der Waals surface area contributed by atoms with Gasteiger partial charge in [-0.1, -0.05) is 0 Å². The summed E-state index contributed by atoms with van der Waals surface area (Å²) < 4.78 is 0. The second kappa shape index (κ2) is 6.63. The SMILES string of the molecule is Cc1cc2c(c(=O)[nH]1)C(O)=C1C(=O)[C@]3(O)C(O)=C(C(N)=O)C(=O)[C@@H](N(C)C)[C@@H]3C[C@@H]1C2. The largest absolute Gasteiger partial charge is 0.508 e. The van der Waals surface area contributed by atoms with Gasteiger partial charge >= 0.3 is 0 Å². The van der Waals surface area contributed by atoms with Gasteiger partial charge in [0.05, 0.1) is 11.6 Å². The first-order valence-corrected chi connectivity index (χ1v) is 9.78. The van der Waals surface area contributed by atoms with Gasteiger partial charge in [0.1, 0.15) is 17.1 Å². The number of hydrogen-bond donors (Lipinski definition) is 5. The lowest BCUT2D eigenvalue weighted by Crippen LogP contribution is -2.65. The minimum absolute atomic E-state index is 0.0532. The third-order valence-electron chi connectivity index (χ3n) is 6.58. The van der Waals surface area contributed by atoms with Crippen molar-refractivity contribution in [2.45, 2.75) is 31.4 Å². The van der Waals surface area contributed by atoms with E-state index >= 15 is 0 Å². The van der Waals surface area contributed by atoms with E-state index in [9.17, 15) is 34.5 Å². The van der Waals surface area contributed by atoms with Crippen molar-refractivity contribution in [3.63, 3.8) is 0 Å². The van der Waals surface area contributed by atoms with Gasteiger partial charge in [0.25, 0.3) is 11.5 Å². The second-order valence-electron chi connectivity index (χ2n) is 8.64. The van der Waals surface area contributed by atoms with Crippen molar-refractivity contribution in [3.8, 4) is 0 Å². The average Bonchev–Trinajstić information content (AvgIpc) is 2.63. The molecule has 0 aliphatic heterocycles. The smallest absolute Gasteiger partial charge is 0.259 e. The molecule has 0 aromatic carbocycles. The van der Waals surface area contributed by atoms with Crippen molar-refractivity contribution >= 4 is 23.2 Å². The van der Waals surface area contributed by atoms with Crippen LogP contribution in [0.25, 0.3) is 5.76 Å². The third kappa shape index (κ3) is 2.64. The molecule has 3 aliphatic carbocycles. The minimum Gasteiger partial charge on any atom is -0.508 e. The summed E-state index contributed by atoms with van der Waals surface area (Å²) in [5, 5.41) is 33.0. The maximum Gasteiger partial charge on any atom is 0.259 e. The number of carbonyl (C=O) groups is 3. The van der Waals surface area contributed by atoms with Crippen LogP contribution in [0.4, 0.5) is 0 Å². The van der Waals surface area contributed by atoms with Crippen molar-refractivity contribution in [2.75, 3.05) is 14.1 Å². The Hall–Kier alpha value is -3.24. The van der Waals surface area contributed by atoms with Crippen LogP contribution in [0, 0.1) is 18.8 Å². The summed E-state index contributed by atoms with van der Waals surface area (Å²) in [7, 11) is 3.10. The van der Waals surface area contributed by atoms with E-state index in [4.69, 9.17) is 5.73 Å². The normalized spacial score (nSPS) is 30.3. The molecule has 1 heterocycles. The van der Waals surface area contributed by atoms with Crippen LogP contribution in [0.5, 0.6) is 0 Å². The lowest BCUT2D eigenvalue weighted by atomic mass is 9.57. The number of nitrogens with zero attached hydrogens (tertiary/aromatic N) is 1. The lowest BCUT2D eigenvalue weighted by molar-refractivity contribution is -0.153. The molecular formula is C21H23N3O7. The Labute approximate surface area is 176 Å². The molecular weight excluding hydrogens is 406 g/mol. The van der Waals surface area contributed by atoms with Crippen LogP contribution in [-0.4, -0.2) is 68.4 Å². The molecule has 10 nitrogen and oxygen atoms in total. The van der Waals surface area contributed by atoms with Crippen LogP contribution in [0.3, 0.4) is 0 Å². The molecule has 10 heteroatoms. The molecule has 6 N–H and O–H groups in total. The van der Waals surface area contributed by atoms with Crippen molar-refractivity contribution in [3.05, 3.63) is 50.1 Å². The topological polar surface area (TPSA) is 174 Å². The Morgan fingerprint density at radius 3 is 2.48 bits per heavy atom. The van der Waals surface area contributed by atoms with Gasteiger partial charge in [0, 0.05) is 17.2 Å². The molecule has 4 atom stereocenters. The molecule has 1 saturated carbocycles. The van der Waals surface area contributed by atoms with Gasteiger partial charge in [-0.3, -0.25) is 24.1 Å². The highest BCUT2D eigenvalue weighted by Crippen LogP contribution is 2.51. The van der Waals surface area contributed by atoms with E-state index in [1.165, 1.54) is 4.90 Å². The van der Waals surface area contributed by atoms with Crippen LogP contribution >= 0.6 is 0 Å². The van der Waals surface area contributed by atoms with Crippen molar-refractivity contribution < 1.29 is 29.7 Å². The lowest BCUT2D eigenvalue weighted by Gasteiger charge is -2.50. The number of Topliss-reactive ketones (excluding diaryl/α,β-unsaturated/α-hetero) is 2. The number of aromatic nitrogens is 1. The molecule has 4 rings (SSSR count). The molecule has 0 radical (unpaired) electrons. The van der Waals surface area contributed by atoms with E-state index in [2.05, 4.69) is 4.98 Å². The fourth-order valence-electron chi connectivity index (χ4n) is 5.33. The summed E-state index contributed by atoms with van der Waals surface area (Å²) >= 11 is 0. The van der Waals surface area contributed by atoms with Crippen LogP contribution in [0.1, 0.15) is 23.2 Å². The zero-order valence-electron chi connectivity index (χ0n) is 17.2. The highest BCUT2D eigenvalue weighted by molar-refractivity contribution is 6.24. The van der Waals surface area contributed by atoms with Crippen LogP contribution in [0.2, 0.25) is 0 Å². The minimum atomic E-state index is -2.64. The quantitative estimate of drug-likeness (QED) is 0.382. The Kier molecular flexibility index (Phi) is 4.49. The second-order valence-corrected chi connectivity index (χ2v) is 8.64. The first-order chi connectivity index (χ1) is 14.4. The van der Waals surface area contributed by atoms with Gasteiger partial charge in [-0.15, -0.1) is 0 Å². The highest BCUT2D eigenvalue weighted by Gasteiger charge is 2.64. The number of fused-ring (bicyclic) bond motifs is 3.